The molecule has 0 saturated carbocycles. The molecule has 7 heteroatoms. The molecule has 0 aliphatic carbocycles. The lowest BCUT2D eigenvalue weighted by Crippen LogP contribution is -2.50. The number of nitrogens with one attached hydrogen (secondary N) is 1. The number of carboxylic acid groups (broad SMARTS) is 1. The Morgan fingerprint density at radius 3 is 2.65 bits per heavy atom. The topological polar surface area (TPSA) is 113 Å². The van der Waals surface area contributed by atoms with Gasteiger partial charge in [0.1, 0.15) is 6.04 Å². The second-order valence-electron chi connectivity index (χ2n) is 5.21. The molecule has 2 amide bonds. The van der Waals surface area contributed by atoms with Gasteiger partial charge in [-0.25, -0.2) is 4.79 Å². The summed E-state index contributed by atoms with van der Waals surface area (Å²) in [4.78, 5) is 36.0. The number of carbonyl (C=O) groups is 3. The Bertz CT molecular complexity index is 386. The summed E-state index contributed by atoms with van der Waals surface area (Å²) in [5.41, 5.74) is 5.76. The van der Waals surface area contributed by atoms with Crippen LogP contribution in [0.1, 0.15) is 33.1 Å². The van der Waals surface area contributed by atoms with E-state index in [2.05, 4.69) is 5.32 Å². The highest BCUT2D eigenvalue weighted by Crippen LogP contribution is 2.17. The lowest BCUT2D eigenvalue weighted by molar-refractivity contribution is -0.148. The molecule has 0 aromatic carbocycles. The van der Waals surface area contributed by atoms with Gasteiger partial charge in [-0.1, -0.05) is 20.3 Å². The maximum absolute atomic E-state index is 11.9. The minimum atomic E-state index is -1.00. The van der Waals surface area contributed by atoms with Gasteiger partial charge in [0.25, 0.3) is 0 Å². The van der Waals surface area contributed by atoms with Crippen LogP contribution in [0.5, 0.6) is 0 Å². The Kier molecular flexibility index (Phi) is 5.94. The minimum absolute atomic E-state index is 0.0312. The molecule has 1 rings (SSSR count). The SMILES string of the molecule is CC[C@H](C)[C@H](N)C(=O)NCC(=O)N1CCC[C@H]1C(=O)O. The predicted octanol–water partition coefficient (Wildman–Crippen LogP) is -0.448. The lowest BCUT2D eigenvalue weighted by atomic mass is 9.99. The molecule has 0 bridgehead atoms. The first-order valence-corrected chi connectivity index (χ1v) is 6.94. The summed E-state index contributed by atoms with van der Waals surface area (Å²) in [6.45, 7) is 4.02. The van der Waals surface area contributed by atoms with Gasteiger partial charge in [-0.15, -0.1) is 0 Å². The zero-order valence-electron chi connectivity index (χ0n) is 12.0. The van der Waals surface area contributed by atoms with E-state index < -0.39 is 18.1 Å². The van der Waals surface area contributed by atoms with E-state index in [4.69, 9.17) is 10.8 Å². The standard InChI is InChI=1S/C13H23N3O4/c1-3-8(2)11(14)12(18)15-7-10(17)16-6-4-5-9(16)13(19)20/h8-9,11H,3-7,14H2,1-2H3,(H,15,18)(H,19,20)/t8-,9-,11-/m0/s1. The lowest BCUT2D eigenvalue weighted by Gasteiger charge is -2.22. The molecule has 1 saturated heterocycles. The molecule has 1 aliphatic rings. The van der Waals surface area contributed by atoms with Crippen molar-refractivity contribution in [2.75, 3.05) is 13.1 Å². The molecule has 4 N–H and O–H groups in total. The first kappa shape index (κ1) is 16.4. The molecule has 20 heavy (non-hydrogen) atoms. The number of carboxylic acids is 1. The normalized spacial score (nSPS) is 21.4. The molecule has 0 radical (unpaired) electrons. The van der Waals surface area contributed by atoms with E-state index in [1.807, 2.05) is 13.8 Å². The minimum Gasteiger partial charge on any atom is -0.480 e. The number of hydrogen-bond acceptors (Lipinski definition) is 4. The van der Waals surface area contributed by atoms with Gasteiger partial charge >= 0.3 is 5.97 Å². The van der Waals surface area contributed by atoms with Crippen LogP contribution < -0.4 is 11.1 Å². The van der Waals surface area contributed by atoms with Crippen LogP contribution >= 0.6 is 0 Å². The van der Waals surface area contributed by atoms with Crippen LogP contribution in [-0.4, -0.2) is 53.0 Å². The molecule has 7 nitrogen and oxygen atoms in total. The molecule has 0 spiro atoms. The van der Waals surface area contributed by atoms with E-state index in [1.54, 1.807) is 0 Å². The molecular weight excluding hydrogens is 262 g/mol. The number of carbonyl (C=O) groups excluding carboxylic acids is 2. The number of rotatable bonds is 6. The summed E-state index contributed by atoms with van der Waals surface area (Å²) in [7, 11) is 0. The number of likely N-dealkylation sites (tertiary alicyclic amines) is 1. The molecule has 1 heterocycles. The van der Waals surface area contributed by atoms with E-state index >= 15 is 0 Å². The Morgan fingerprint density at radius 2 is 2.10 bits per heavy atom. The third-order valence-electron chi connectivity index (χ3n) is 3.83. The van der Waals surface area contributed by atoms with E-state index in [9.17, 15) is 14.4 Å². The Labute approximate surface area is 118 Å². The van der Waals surface area contributed by atoms with Crippen molar-refractivity contribution in [2.24, 2.45) is 11.7 Å². The monoisotopic (exact) mass is 285 g/mol. The molecule has 114 valence electrons. The number of amides is 2. The van der Waals surface area contributed by atoms with Gasteiger partial charge in [0, 0.05) is 6.54 Å². The number of nitrogens with zero attached hydrogens (tertiary/aromatic N) is 1. The Morgan fingerprint density at radius 1 is 1.45 bits per heavy atom. The Hall–Kier alpha value is -1.63. The maximum atomic E-state index is 11.9. The average Bonchev–Trinajstić information content (AvgIpc) is 2.92. The van der Waals surface area contributed by atoms with Crippen LogP contribution in [0.25, 0.3) is 0 Å². The van der Waals surface area contributed by atoms with Crippen LogP contribution in [0.4, 0.5) is 0 Å². The largest absolute Gasteiger partial charge is 0.480 e. The summed E-state index contributed by atoms with van der Waals surface area (Å²) in [5, 5.41) is 11.5. The van der Waals surface area contributed by atoms with E-state index in [0.29, 0.717) is 19.4 Å². The third kappa shape index (κ3) is 3.93. The van der Waals surface area contributed by atoms with Crippen LogP contribution in [0, 0.1) is 5.92 Å². The summed E-state index contributed by atoms with van der Waals surface area (Å²) in [5.74, 6) is -1.72. The van der Waals surface area contributed by atoms with Crippen molar-refractivity contribution in [3.05, 3.63) is 0 Å². The van der Waals surface area contributed by atoms with Crippen molar-refractivity contribution in [1.82, 2.24) is 10.2 Å². The van der Waals surface area contributed by atoms with Crippen molar-refractivity contribution >= 4 is 17.8 Å². The second kappa shape index (κ2) is 7.23. The highest BCUT2D eigenvalue weighted by molar-refractivity contribution is 5.89. The molecule has 1 fully saturated rings. The van der Waals surface area contributed by atoms with E-state index in [0.717, 1.165) is 6.42 Å². The van der Waals surface area contributed by atoms with Crippen molar-refractivity contribution in [3.63, 3.8) is 0 Å². The van der Waals surface area contributed by atoms with Crippen molar-refractivity contribution in [2.45, 2.75) is 45.2 Å². The summed E-state index contributed by atoms with van der Waals surface area (Å²) in [6.07, 6.45) is 1.90. The van der Waals surface area contributed by atoms with Crippen molar-refractivity contribution < 1.29 is 19.5 Å². The first-order valence-electron chi connectivity index (χ1n) is 6.94. The van der Waals surface area contributed by atoms with Crippen LogP contribution in [0.15, 0.2) is 0 Å². The molecule has 0 aromatic heterocycles. The van der Waals surface area contributed by atoms with Gasteiger partial charge in [0.2, 0.25) is 11.8 Å². The van der Waals surface area contributed by atoms with Gasteiger partial charge in [0.05, 0.1) is 12.6 Å². The predicted molar refractivity (Wildman–Crippen MR) is 72.8 cm³/mol. The Balaban J connectivity index is 2.47. The fourth-order valence-corrected chi connectivity index (χ4v) is 2.22. The van der Waals surface area contributed by atoms with Gasteiger partial charge in [-0.3, -0.25) is 9.59 Å². The zero-order valence-corrected chi connectivity index (χ0v) is 12.0. The highest BCUT2D eigenvalue weighted by Gasteiger charge is 2.34. The zero-order chi connectivity index (χ0) is 15.3. The summed E-state index contributed by atoms with van der Waals surface area (Å²) in [6, 6.07) is -1.43. The maximum Gasteiger partial charge on any atom is 0.326 e. The number of nitrogens with two attached hydrogens (primary N) is 1. The quantitative estimate of drug-likeness (QED) is 0.612. The van der Waals surface area contributed by atoms with Crippen molar-refractivity contribution in [3.8, 4) is 0 Å². The second-order valence-corrected chi connectivity index (χ2v) is 5.21. The van der Waals surface area contributed by atoms with Gasteiger partial charge in [-0.2, -0.15) is 0 Å². The highest BCUT2D eigenvalue weighted by atomic mass is 16.4. The number of hydrogen-bond donors (Lipinski definition) is 3. The molecule has 1 aliphatic heterocycles. The summed E-state index contributed by atoms with van der Waals surface area (Å²) < 4.78 is 0. The average molecular weight is 285 g/mol. The van der Waals surface area contributed by atoms with Crippen molar-refractivity contribution in [1.29, 1.82) is 0 Å². The van der Waals surface area contributed by atoms with Gasteiger partial charge in [0.15, 0.2) is 0 Å². The smallest absolute Gasteiger partial charge is 0.326 e. The molecular formula is C13H23N3O4. The molecule has 3 atom stereocenters. The van der Waals surface area contributed by atoms with E-state index in [1.165, 1.54) is 4.90 Å². The molecule has 0 unspecified atom stereocenters. The van der Waals surface area contributed by atoms with Gasteiger partial charge in [-0.05, 0) is 18.8 Å². The summed E-state index contributed by atoms with van der Waals surface area (Å²) >= 11 is 0. The van der Waals surface area contributed by atoms with Crippen LogP contribution in [-0.2, 0) is 14.4 Å². The number of aliphatic carboxylic acids is 1. The first-order chi connectivity index (χ1) is 9.38. The van der Waals surface area contributed by atoms with Crippen LogP contribution in [0.2, 0.25) is 0 Å². The fraction of sp³-hybridized carbons (Fsp3) is 0.769. The third-order valence-corrected chi connectivity index (χ3v) is 3.83. The fourth-order valence-electron chi connectivity index (χ4n) is 2.22. The van der Waals surface area contributed by atoms with E-state index in [-0.39, 0.29) is 24.3 Å². The van der Waals surface area contributed by atoms with Gasteiger partial charge < -0.3 is 21.1 Å². The molecule has 0 aromatic rings. The van der Waals surface area contributed by atoms with Crippen LogP contribution in [0.3, 0.4) is 0 Å².